The molecular weight excluding hydrogens is 242 g/mol. The van der Waals surface area contributed by atoms with Gasteiger partial charge < -0.3 is 10.2 Å². The summed E-state index contributed by atoms with van der Waals surface area (Å²) in [5.41, 5.74) is 0. The zero-order chi connectivity index (χ0) is 13.5. The van der Waals surface area contributed by atoms with Crippen molar-refractivity contribution in [1.82, 2.24) is 0 Å². The zero-order valence-corrected chi connectivity index (χ0v) is 11.1. The van der Waals surface area contributed by atoms with E-state index in [1.54, 1.807) is 13.0 Å². The van der Waals surface area contributed by atoms with Crippen molar-refractivity contribution in [3.8, 4) is 0 Å². The van der Waals surface area contributed by atoms with Crippen LogP contribution in [0.3, 0.4) is 0 Å². The average molecular weight is 265 g/mol. The van der Waals surface area contributed by atoms with Gasteiger partial charge in [0.15, 0.2) is 0 Å². The molecule has 0 heterocycles. The van der Waals surface area contributed by atoms with Crippen LogP contribution in [0.5, 0.6) is 0 Å². The molecule has 0 unspecified atom stereocenters. The van der Waals surface area contributed by atoms with Crippen molar-refractivity contribution in [1.29, 1.82) is 0 Å². The van der Waals surface area contributed by atoms with Gasteiger partial charge in [-0.15, -0.1) is 6.58 Å². The van der Waals surface area contributed by atoms with Gasteiger partial charge in [-0.2, -0.15) is 0 Å². The van der Waals surface area contributed by atoms with Crippen molar-refractivity contribution >= 4 is 10.0 Å². The number of rotatable bonds is 9. The second-order valence-electron chi connectivity index (χ2n) is 4.32. The van der Waals surface area contributed by atoms with E-state index in [9.17, 15) is 13.5 Å². The summed E-state index contributed by atoms with van der Waals surface area (Å²) in [7, 11) is -3.56. The zero-order valence-electron chi connectivity index (χ0n) is 10.2. The lowest BCUT2D eigenvalue weighted by Crippen LogP contribution is -2.33. The minimum absolute atomic E-state index is 0.0714. The first kappa shape index (κ1) is 16.6. The van der Waals surface area contributed by atoms with Gasteiger partial charge in [-0.05, 0) is 38.5 Å². The average Bonchev–Trinajstić information content (AvgIpc) is 2.22. The summed E-state index contributed by atoms with van der Waals surface area (Å²) in [6, 6.07) is 0. The Morgan fingerprint density at radius 2 is 1.94 bits per heavy atom. The fourth-order valence-electron chi connectivity index (χ4n) is 1.73. The van der Waals surface area contributed by atoms with Gasteiger partial charge in [-0.1, -0.05) is 6.08 Å². The highest BCUT2D eigenvalue weighted by molar-refractivity contribution is 7.89. The minimum atomic E-state index is -3.56. The quantitative estimate of drug-likeness (QED) is 0.525. The molecule has 4 N–H and O–H groups in total. The summed E-state index contributed by atoms with van der Waals surface area (Å²) in [6.07, 6.45) is 2.92. The summed E-state index contributed by atoms with van der Waals surface area (Å²) in [5, 5.41) is 22.6. The van der Waals surface area contributed by atoms with Crippen LogP contribution in [0.1, 0.15) is 32.6 Å². The largest absolute Gasteiger partial charge is 0.396 e. The third kappa shape index (κ3) is 6.78. The Balaban J connectivity index is 4.39. The van der Waals surface area contributed by atoms with Crippen LogP contribution in [0.2, 0.25) is 0 Å². The molecule has 0 aromatic carbocycles. The van der Waals surface area contributed by atoms with Crippen LogP contribution in [0.4, 0.5) is 0 Å². The molecule has 0 saturated heterocycles. The van der Waals surface area contributed by atoms with Crippen LogP contribution in [-0.2, 0) is 10.0 Å². The lowest BCUT2D eigenvalue weighted by atomic mass is 9.94. The standard InChI is InChI=1S/C11H23NO4S/c1-3-4-10(9(2)17(12,15)16)5-6-11(14)7-8-13/h3,9-11,13-14H,1,4-8H2,2H3,(H2,12,15,16)/t9-,10-,11+/m0/s1. The molecule has 6 heteroatoms. The SMILES string of the molecule is C=CC[C@@H](CC[C@@H](O)CCO)[C@H](C)S(N)(=O)=O. The Morgan fingerprint density at radius 3 is 2.35 bits per heavy atom. The van der Waals surface area contributed by atoms with Crippen LogP contribution in [0, 0.1) is 5.92 Å². The molecule has 0 amide bonds. The Hall–Kier alpha value is -0.430. The number of aliphatic hydroxyl groups excluding tert-OH is 2. The Labute approximate surface area is 103 Å². The second-order valence-corrected chi connectivity index (χ2v) is 6.24. The lowest BCUT2D eigenvalue weighted by molar-refractivity contribution is 0.118. The summed E-state index contributed by atoms with van der Waals surface area (Å²) in [5.74, 6) is -0.143. The number of sulfonamides is 1. The first-order chi connectivity index (χ1) is 7.82. The van der Waals surface area contributed by atoms with E-state index in [4.69, 9.17) is 10.2 Å². The monoisotopic (exact) mass is 265 g/mol. The molecule has 0 bridgehead atoms. The third-order valence-corrected chi connectivity index (χ3v) is 4.41. The molecule has 102 valence electrons. The normalized spacial score (nSPS) is 17.4. The Kier molecular flexibility index (Phi) is 7.61. The van der Waals surface area contributed by atoms with Crippen LogP contribution in [-0.4, -0.2) is 36.6 Å². The van der Waals surface area contributed by atoms with E-state index in [2.05, 4.69) is 6.58 Å². The molecule has 0 aliphatic heterocycles. The molecule has 3 atom stereocenters. The summed E-state index contributed by atoms with van der Waals surface area (Å²) < 4.78 is 22.5. The molecule has 17 heavy (non-hydrogen) atoms. The highest BCUT2D eigenvalue weighted by Crippen LogP contribution is 2.22. The number of allylic oxidation sites excluding steroid dienone is 1. The van der Waals surface area contributed by atoms with E-state index in [0.29, 0.717) is 25.7 Å². The number of nitrogens with two attached hydrogens (primary N) is 1. The number of hydrogen-bond acceptors (Lipinski definition) is 4. The van der Waals surface area contributed by atoms with Crippen molar-refractivity contribution in [3.05, 3.63) is 12.7 Å². The molecule has 0 aromatic heterocycles. The van der Waals surface area contributed by atoms with Crippen LogP contribution in [0.25, 0.3) is 0 Å². The molecule has 0 spiro atoms. The second kappa shape index (κ2) is 7.81. The predicted molar refractivity (Wildman–Crippen MR) is 67.8 cm³/mol. The minimum Gasteiger partial charge on any atom is -0.396 e. The van der Waals surface area contributed by atoms with Gasteiger partial charge in [0.2, 0.25) is 10.0 Å². The molecule has 0 aliphatic rings. The van der Waals surface area contributed by atoms with Crippen LogP contribution < -0.4 is 5.14 Å². The maximum Gasteiger partial charge on any atom is 0.211 e. The molecule has 0 aliphatic carbocycles. The van der Waals surface area contributed by atoms with Gasteiger partial charge in [0.05, 0.1) is 11.4 Å². The lowest BCUT2D eigenvalue weighted by Gasteiger charge is -2.22. The Morgan fingerprint density at radius 1 is 1.35 bits per heavy atom. The van der Waals surface area contributed by atoms with Gasteiger partial charge in [-0.3, -0.25) is 0 Å². The number of primary sulfonamides is 1. The van der Waals surface area contributed by atoms with E-state index in [-0.39, 0.29) is 12.5 Å². The third-order valence-electron chi connectivity index (χ3n) is 2.98. The molecule has 0 fully saturated rings. The van der Waals surface area contributed by atoms with E-state index in [1.807, 2.05) is 0 Å². The predicted octanol–water partition coefficient (Wildman–Crippen LogP) is 0.379. The summed E-state index contributed by atoms with van der Waals surface area (Å²) in [4.78, 5) is 0. The van der Waals surface area contributed by atoms with Gasteiger partial charge in [0.1, 0.15) is 0 Å². The highest BCUT2D eigenvalue weighted by Gasteiger charge is 2.25. The van der Waals surface area contributed by atoms with Crippen LogP contribution >= 0.6 is 0 Å². The van der Waals surface area contributed by atoms with E-state index < -0.39 is 21.4 Å². The maximum atomic E-state index is 11.3. The van der Waals surface area contributed by atoms with Gasteiger partial charge in [0.25, 0.3) is 0 Å². The fourth-order valence-corrected chi connectivity index (χ4v) is 2.51. The molecule has 5 nitrogen and oxygen atoms in total. The number of hydrogen-bond donors (Lipinski definition) is 3. The van der Waals surface area contributed by atoms with Gasteiger partial charge in [0, 0.05) is 6.61 Å². The van der Waals surface area contributed by atoms with E-state index in [1.165, 1.54) is 0 Å². The summed E-state index contributed by atoms with van der Waals surface area (Å²) in [6.45, 7) is 5.09. The van der Waals surface area contributed by atoms with Crippen LogP contribution in [0.15, 0.2) is 12.7 Å². The summed E-state index contributed by atoms with van der Waals surface area (Å²) >= 11 is 0. The van der Waals surface area contributed by atoms with Crippen molar-refractivity contribution in [2.45, 2.75) is 44.0 Å². The molecule has 0 aromatic rings. The van der Waals surface area contributed by atoms with Crippen molar-refractivity contribution in [2.24, 2.45) is 11.1 Å². The first-order valence-corrected chi connectivity index (χ1v) is 7.35. The maximum absolute atomic E-state index is 11.3. The smallest absolute Gasteiger partial charge is 0.211 e. The molecule has 0 saturated carbocycles. The van der Waals surface area contributed by atoms with Gasteiger partial charge >= 0.3 is 0 Å². The Bertz CT molecular complexity index is 315. The molecular formula is C11H23NO4S. The van der Waals surface area contributed by atoms with Gasteiger partial charge in [-0.25, -0.2) is 13.6 Å². The topological polar surface area (TPSA) is 101 Å². The number of aliphatic hydroxyl groups is 2. The van der Waals surface area contributed by atoms with E-state index >= 15 is 0 Å². The highest BCUT2D eigenvalue weighted by atomic mass is 32.2. The van der Waals surface area contributed by atoms with Crippen molar-refractivity contribution in [3.63, 3.8) is 0 Å². The van der Waals surface area contributed by atoms with Crippen molar-refractivity contribution < 1.29 is 18.6 Å². The fraction of sp³-hybridized carbons (Fsp3) is 0.818. The molecule has 0 radical (unpaired) electrons. The van der Waals surface area contributed by atoms with Crippen molar-refractivity contribution in [2.75, 3.05) is 6.61 Å². The first-order valence-electron chi connectivity index (χ1n) is 5.74. The molecule has 0 rings (SSSR count). The van der Waals surface area contributed by atoms with E-state index in [0.717, 1.165) is 0 Å².